The SMILES string of the molecule is Cc1cc(Br)c(NCCC(C)C)c(Br)c1. The van der Waals surface area contributed by atoms with Crippen LogP contribution in [0.15, 0.2) is 21.1 Å². The van der Waals surface area contributed by atoms with E-state index < -0.39 is 0 Å². The van der Waals surface area contributed by atoms with E-state index >= 15 is 0 Å². The smallest absolute Gasteiger partial charge is 0.0629 e. The molecule has 0 saturated heterocycles. The van der Waals surface area contributed by atoms with Gasteiger partial charge in [-0.2, -0.15) is 0 Å². The van der Waals surface area contributed by atoms with Gasteiger partial charge in [0, 0.05) is 15.5 Å². The number of nitrogens with one attached hydrogen (secondary N) is 1. The van der Waals surface area contributed by atoms with Crippen LogP contribution in [0.3, 0.4) is 0 Å². The highest BCUT2D eigenvalue weighted by molar-refractivity contribution is 9.11. The second-order valence-electron chi connectivity index (χ2n) is 4.21. The van der Waals surface area contributed by atoms with Gasteiger partial charge in [0.25, 0.3) is 0 Å². The monoisotopic (exact) mass is 333 g/mol. The van der Waals surface area contributed by atoms with Crippen molar-refractivity contribution in [3.63, 3.8) is 0 Å². The highest BCUT2D eigenvalue weighted by Gasteiger charge is 2.05. The van der Waals surface area contributed by atoms with Gasteiger partial charge in [-0.3, -0.25) is 0 Å². The molecule has 0 aliphatic carbocycles. The number of benzene rings is 1. The zero-order chi connectivity index (χ0) is 11.4. The number of hydrogen-bond donors (Lipinski definition) is 1. The predicted octanol–water partition coefficient (Wildman–Crippen LogP) is 4.98. The normalized spacial score (nSPS) is 10.8. The lowest BCUT2D eigenvalue weighted by atomic mass is 10.1. The topological polar surface area (TPSA) is 12.0 Å². The average Bonchev–Trinajstić information content (AvgIpc) is 2.08. The van der Waals surface area contributed by atoms with E-state index in [4.69, 9.17) is 0 Å². The van der Waals surface area contributed by atoms with Crippen LogP contribution in [0.25, 0.3) is 0 Å². The molecular weight excluding hydrogens is 318 g/mol. The summed E-state index contributed by atoms with van der Waals surface area (Å²) in [7, 11) is 0. The van der Waals surface area contributed by atoms with Gasteiger partial charge in [-0.1, -0.05) is 13.8 Å². The molecule has 0 unspecified atom stereocenters. The van der Waals surface area contributed by atoms with E-state index in [9.17, 15) is 0 Å². The van der Waals surface area contributed by atoms with E-state index in [0.717, 1.165) is 27.1 Å². The summed E-state index contributed by atoms with van der Waals surface area (Å²) in [6.45, 7) is 7.58. The van der Waals surface area contributed by atoms with Crippen LogP contribution in [0.4, 0.5) is 5.69 Å². The molecule has 1 nitrogen and oxygen atoms in total. The molecule has 15 heavy (non-hydrogen) atoms. The number of aryl methyl sites for hydroxylation is 1. The van der Waals surface area contributed by atoms with Crippen molar-refractivity contribution in [2.75, 3.05) is 11.9 Å². The second kappa shape index (κ2) is 5.90. The van der Waals surface area contributed by atoms with Crippen LogP contribution < -0.4 is 5.32 Å². The number of hydrogen-bond acceptors (Lipinski definition) is 1. The molecule has 1 aromatic carbocycles. The van der Waals surface area contributed by atoms with Crippen LogP contribution in [0.1, 0.15) is 25.8 Å². The fraction of sp³-hybridized carbons (Fsp3) is 0.500. The summed E-state index contributed by atoms with van der Waals surface area (Å²) < 4.78 is 2.25. The fourth-order valence-corrected chi connectivity index (χ4v) is 3.05. The van der Waals surface area contributed by atoms with Crippen LogP contribution >= 0.6 is 31.9 Å². The fourth-order valence-electron chi connectivity index (χ4n) is 1.35. The van der Waals surface area contributed by atoms with Crippen molar-refractivity contribution in [2.24, 2.45) is 5.92 Å². The molecule has 1 N–H and O–H groups in total. The lowest BCUT2D eigenvalue weighted by Gasteiger charge is -2.12. The number of anilines is 1. The summed E-state index contributed by atoms with van der Waals surface area (Å²) in [6, 6.07) is 4.25. The van der Waals surface area contributed by atoms with Gasteiger partial charge in [0.1, 0.15) is 0 Å². The standard InChI is InChI=1S/C12H17Br2N/c1-8(2)4-5-15-12-10(13)6-9(3)7-11(12)14/h6-8,15H,4-5H2,1-3H3. The minimum atomic E-state index is 0.737. The molecule has 0 spiro atoms. The Morgan fingerprint density at radius 2 is 1.73 bits per heavy atom. The van der Waals surface area contributed by atoms with Crippen molar-refractivity contribution in [2.45, 2.75) is 27.2 Å². The van der Waals surface area contributed by atoms with Crippen molar-refractivity contribution in [1.82, 2.24) is 0 Å². The van der Waals surface area contributed by atoms with Crippen LogP contribution in [0, 0.1) is 12.8 Å². The maximum Gasteiger partial charge on any atom is 0.0629 e. The molecule has 0 fully saturated rings. The Morgan fingerprint density at radius 3 is 2.20 bits per heavy atom. The summed E-state index contributed by atoms with van der Waals surface area (Å²) in [4.78, 5) is 0. The molecular formula is C12H17Br2N. The third-order valence-corrected chi connectivity index (χ3v) is 3.46. The van der Waals surface area contributed by atoms with Gasteiger partial charge in [0.05, 0.1) is 5.69 Å². The molecule has 0 amide bonds. The lowest BCUT2D eigenvalue weighted by Crippen LogP contribution is -2.05. The molecule has 3 heteroatoms. The lowest BCUT2D eigenvalue weighted by molar-refractivity contribution is 0.607. The number of halogens is 2. The van der Waals surface area contributed by atoms with E-state index in [1.54, 1.807) is 0 Å². The summed E-state index contributed by atoms with van der Waals surface area (Å²) >= 11 is 7.15. The second-order valence-corrected chi connectivity index (χ2v) is 5.92. The maximum atomic E-state index is 3.57. The van der Waals surface area contributed by atoms with Gasteiger partial charge in [0.2, 0.25) is 0 Å². The molecule has 0 radical (unpaired) electrons. The van der Waals surface area contributed by atoms with Crippen LogP contribution in [-0.2, 0) is 0 Å². The Hall–Kier alpha value is -0.0200. The van der Waals surface area contributed by atoms with E-state index in [0.29, 0.717) is 0 Å². The first-order valence-electron chi connectivity index (χ1n) is 5.20. The van der Waals surface area contributed by atoms with E-state index in [2.05, 4.69) is 70.1 Å². The molecule has 84 valence electrons. The van der Waals surface area contributed by atoms with Gasteiger partial charge >= 0.3 is 0 Å². The molecule has 0 aromatic heterocycles. The van der Waals surface area contributed by atoms with E-state index in [1.165, 1.54) is 12.0 Å². The molecule has 0 aliphatic heterocycles. The zero-order valence-corrected chi connectivity index (χ0v) is 12.6. The zero-order valence-electron chi connectivity index (χ0n) is 9.40. The summed E-state index contributed by atoms with van der Waals surface area (Å²) in [5.74, 6) is 0.737. The summed E-state index contributed by atoms with van der Waals surface area (Å²) in [5, 5.41) is 3.45. The highest BCUT2D eigenvalue weighted by Crippen LogP contribution is 2.32. The Kier molecular flexibility index (Phi) is 5.13. The Balaban J connectivity index is 2.68. The Morgan fingerprint density at radius 1 is 1.20 bits per heavy atom. The molecule has 0 atom stereocenters. The van der Waals surface area contributed by atoms with Gasteiger partial charge < -0.3 is 5.32 Å². The minimum absolute atomic E-state index is 0.737. The Bertz CT molecular complexity index is 311. The quantitative estimate of drug-likeness (QED) is 0.818. The predicted molar refractivity (Wildman–Crippen MR) is 74.5 cm³/mol. The largest absolute Gasteiger partial charge is 0.383 e. The van der Waals surface area contributed by atoms with E-state index in [1.807, 2.05) is 0 Å². The van der Waals surface area contributed by atoms with Crippen LogP contribution in [-0.4, -0.2) is 6.54 Å². The molecule has 0 aliphatic rings. The van der Waals surface area contributed by atoms with Crippen molar-refractivity contribution in [3.8, 4) is 0 Å². The third-order valence-electron chi connectivity index (χ3n) is 2.21. The van der Waals surface area contributed by atoms with Crippen molar-refractivity contribution < 1.29 is 0 Å². The summed E-state index contributed by atoms with van der Waals surface area (Å²) in [6.07, 6.45) is 1.19. The average molecular weight is 335 g/mol. The maximum absolute atomic E-state index is 3.57. The number of rotatable bonds is 4. The van der Waals surface area contributed by atoms with Crippen LogP contribution in [0.2, 0.25) is 0 Å². The highest BCUT2D eigenvalue weighted by atomic mass is 79.9. The van der Waals surface area contributed by atoms with Gasteiger partial charge in [0.15, 0.2) is 0 Å². The van der Waals surface area contributed by atoms with Gasteiger partial charge in [-0.25, -0.2) is 0 Å². The first-order valence-corrected chi connectivity index (χ1v) is 6.79. The van der Waals surface area contributed by atoms with Crippen LogP contribution in [0.5, 0.6) is 0 Å². The minimum Gasteiger partial charge on any atom is -0.383 e. The first kappa shape index (κ1) is 13.0. The van der Waals surface area contributed by atoms with Crippen molar-refractivity contribution >= 4 is 37.5 Å². The van der Waals surface area contributed by atoms with Gasteiger partial charge in [-0.05, 0) is 68.8 Å². The molecule has 0 bridgehead atoms. The van der Waals surface area contributed by atoms with Crippen molar-refractivity contribution in [3.05, 3.63) is 26.6 Å². The van der Waals surface area contributed by atoms with E-state index in [-0.39, 0.29) is 0 Å². The molecule has 0 heterocycles. The molecule has 1 rings (SSSR count). The summed E-state index contributed by atoms with van der Waals surface area (Å²) in [5.41, 5.74) is 2.41. The molecule has 1 aromatic rings. The molecule has 0 saturated carbocycles. The van der Waals surface area contributed by atoms with Gasteiger partial charge in [-0.15, -0.1) is 0 Å². The third kappa shape index (κ3) is 4.15. The Labute approximate surface area is 109 Å². The first-order chi connectivity index (χ1) is 7.00. The van der Waals surface area contributed by atoms with Crippen molar-refractivity contribution in [1.29, 1.82) is 0 Å².